The second kappa shape index (κ2) is 7.62. The summed E-state index contributed by atoms with van der Waals surface area (Å²) < 4.78 is 11.4. The van der Waals surface area contributed by atoms with E-state index in [0.29, 0.717) is 41.2 Å². The van der Waals surface area contributed by atoms with Crippen molar-refractivity contribution in [2.45, 2.75) is 44.2 Å². The lowest BCUT2D eigenvalue weighted by Crippen LogP contribution is -2.46. The maximum absolute atomic E-state index is 12.8. The Morgan fingerprint density at radius 2 is 2.12 bits per heavy atom. The van der Waals surface area contributed by atoms with Gasteiger partial charge in [0.25, 0.3) is 5.91 Å². The van der Waals surface area contributed by atoms with Gasteiger partial charge in [-0.2, -0.15) is 0 Å². The van der Waals surface area contributed by atoms with Crippen LogP contribution in [-0.4, -0.2) is 55.8 Å². The molecule has 2 fully saturated rings. The molecule has 6 nitrogen and oxygen atoms in total. The molecule has 1 amide bonds. The van der Waals surface area contributed by atoms with Crippen molar-refractivity contribution in [3.63, 3.8) is 0 Å². The summed E-state index contributed by atoms with van der Waals surface area (Å²) in [4.78, 5) is 15.2. The molecule has 3 heterocycles. The second-order valence-corrected chi connectivity index (χ2v) is 7.82. The Labute approximate surface area is 158 Å². The molecule has 1 aromatic carbocycles. The summed E-state index contributed by atoms with van der Waals surface area (Å²) in [5, 5.41) is 3.57. The molecule has 2 saturated heterocycles. The predicted octanol–water partition coefficient (Wildman–Crippen LogP) is 2.23. The number of ether oxygens (including phenoxy) is 2. The smallest absolute Gasteiger partial charge is 0.255 e. The summed E-state index contributed by atoms with van der Waals surface area (Å²) in [6.45, 7) is 4.43. The van der Waals surface area contributed by atoms with E-state index in [4.69, 9.17) is 26.8 Å². The van der Waals surface area contributed by atoms with Crippen molar-refractivity contribution in [2.75, 3.05) is 38.6 Å². The summed E-state index contributed by atoms with van der Waals surface area (Å²) in [5.74, 6) is 0.475. The number of carbonyl (C=O) groups is 1. The third-order valence-corrected chi connectivity index (χ3v) is 5.94. The van der Waals surface area contributed by atoms with Gasteiger partial charge in [0, 0.05) is 44.3 Å². The van der Waals surface area contributed by atoms with Gasteiger partial charge in [-0.25, -0.2) is 0 Å². The number of amides is 1. The third-order valence-electron chi connectivity index (χ3n) is 5.62. The lowest BCUT2D eigenvalue weighted by Gasteiger charge is -2.33. The molecule has 0 bridgehead atoms. The van der Waals surface area contributed by atoms with Crippen LogP contribution in [0.5, 0.6) is 5.75 Å². The average Bonchev–Trinajstić information content (AvgIpc) is 3.31. The number of nitrogens with one attached hydrogen (secondary N) is 1. The molecule has 26 heavy (non-hydrogen) atoms. The van der Waals surface area contributed by atoms with Crippen LogP contribution in [0.2, 0.25) is 5.02 Å². The Balaban J connectivity index is 1.35. The maximum atomic E-state index is 12.8. The Hall–Kier alpha value is -1.50. The molecule has 3 aliphatic heterocycles. The molecule has 142 valence electrons. The van der Waals surface area contributed by atoms with Gasteiger partial charge in [0.1, 0.15) is 5.75 Å². The van der Waals surface area contributed by atoms with Crippen molar-refractivity contribution in [3.8, 4) is 5.75 Å². The highest BCUT2D eigenvalue weighted by Crippen LogP contribution is 2.38. The number of nitrogens with zero attached hydrogens (tertiary/aromatic N) is 1. The highest BCUT2D eigenvalue weighted by atomic mass is 35.5. The van der Waals surface area contributed by atoms with E-state index < -0.39 is 0 Å². The zero-order valence-corrected chi connectivity index (χ0v) is 15.7. The third kappa shape index (κ3) is 3.63. The first-order valence-corrected chi connectivity index (χ1v) is 9.88. The van der Waals surface area contributed by atoms with Crippen molar-refractivity contribution in [1.82, 2.24) is 10.2 Å². The van der Waals surface area contributed by atoms with E-state index in [1.807, 2.05) is 0 Å². The van der Waals surface area contributed by atoms with Gasteiger partial charge in [0.2, 0.25) is 0 Å². The van der Waals surface area contributed by atoms with Gasteiger partial charge in [0.15, 0.2) is 0 Å². The molecule has 0 spiro atoms. The molecular weight excluding hydrogens is 354 g/mol. The normalized spacial score (nSPS) is 23.7. The summed E-state index contributed by atoms with van der Waals surface area (Å²) in [6.07, 6.45) is 5.32. The summed E-state index contributed by atoms with van der Waals surface area (Å²) in [5.41, 5.74) is 7.89. The van der Waals surface area contributed by atoms with Crippen molar-refractivity contribution in [1.29, 1.82) is 0 Å². The van der Waals surface area contributed by atoms with Crippen molar-refractivity contribution in [2.24, 2.45) is 0 Å². The molecule has 4 rings (SSSR count). The van der Waals surface area contributed by atoms with Crippen molar-refractivity contribution >= 4 is 23.2 Å². The van der Waals surface area contributed by atoms with Crippen LogP contribution in [0.3, 0.4) is 0 Å². The highest BCUT2D eigenvalue weighted by molar-refractivity contribution is 6.33. The Kier molecular flexibility index (Phi) is 5.25. The lowest BCUT2D eigenvalue weighted by atomic mass is 10.0. The molecule has 1 atom stereocenters. The van der Waals surface area contributed by atoms with Crippen LogP contribution < -0.4 is 15.8 Å². The van der Waals surface area contributed by atoms with Gasteiger partial charge in [-0.05, 0) is 31.7 Å². The number of nitrogens with two attached hydrogens (primary N) is 1. The Morgan fingerprint density at radius 1 is 1.31 bits per heavy atom. The molecule has 1 aromatic rings. The van der Waals surface area contributed by atoms with Crippen LogP contribution in [-0.2, 0) is 11.2 Å². The van der Waals surface area contributed by atoms with Gasteiger partial charge in [-0.15, -0.1) is 0 Å². The Morgan fingerprint density at radius 3 is 2.85 bits per heavy atom. The van der Waals surface area contributed by atoms with E-state index in [1.54, 1.807) is 6.07 Å². The second-order valence-electron chi connectivity index (χ2n) is 7.41. The zero-order chi connectivity index (χ0) is 18.1. The molecule has 0 saturated carbocycles. The number of hydrogen-bond acceptors (Lipinski definition) is 5. The number of anilines is 1. The lowest BCUT2D eigenvalue weighted by molar-refractivity contribution is 0.0612. The monoisotopic (exact) mass is 379 g/mol. The molecule has 0 unspecified atom stereocenters. The molecule has 0 aromatic heterocycles. The average molecular weight is 380 g/mol. The number of fused-ring (bicyclic) bond motifs is 1. The number of piperidine rings is 1. The van der Waals surface area contributed by atoms with Crippen LogP contribution in [0.15, 0.2) is 6.07 Å². The largest absolute Gasteiger partial charge is 0.492 e. The van der Waals surface area contributed by atoms with E-state index in [2.05, 4.69) is 10.2 Å². The molecular formula is C19H26ClN3O3. The SMILES string of the molecule is Nc1c(Cl)cc(C(=O)NC2CCN(C[C@@H]3CCCO3)CC2)c2c1CCO2. The van der Waals surface area contributed by atoms with E-state index in [1.165, 1.54) is 12.8 Å². The van der Waals surface area contributed by atoms with E-state index >= 15 is 0 Å². The van der Waals surface area contributed by atoms with Gasteiger partial charge < -0.3 is 25.4 Å². The molecule has 3 N–H and O–H groups in total. The van der Waals surface area contributed by atoms with Crippen LogP contribution in [0, 0.1) is 0 Å². The van der Waals surface area contributed by atoms with Gasteiger partial charge in [0.05, 0.1) is 29.0 Å². The van der Waals surface area contributed by atoms with Crippen LogP contribution in [0.4, 0.5) is 5.69 Å². The number of likely N-dealkylation sites (tertiary alicyclic amines) is 1. The fourth-order valence-corrected chi connectivity index (χ4v) is 4.36. The topological polar surface area (TPSA) is 76.8 Å². The number of rotatable bonds is 4. The quantitative estimate of drug-likeness (QED) is 0.784. The number of halogens is 1. The highest BCUT2D eigenvalue weighted by Gasteiger charge is 2.28. The predicted molar refractivity (Wildman–Crippen MR) is 101 cm³/mol. The zero-order valence-electron chi connectivity index (χ0n) is 14.9. The standard InChI is InChI=1S/C19H26ClN3O3/c20-16-10-15(18-14(17(16)21)5-9-26-18)19(24)22-12-3-6-23(7-4-12)11-13-2-1-8-25-13/h10,12-13H,1-9,11,21H2,(H,22,24)/t13-/m0/s1. The Bertz CT molecular complexity index is 683. The van der Waals surface area contributed by atoms with Gasteiger partial charge >= 0.3 is 0 Å². The van der Waals surface area contributed by atoms with Crippen molar-refractivity contribution in [3.05, 3.63) is 22.2 Å². The molecule has 7 heteroatoms. The minimum absolute atomic E-state index is 0.123. The summed E-state index contributed by atoms with van der Waals surface area (Å²) in [6, 6.07) is 1.81. The molecule has 0 radical (unpaired) electrons. The van der Waals surface area contributed by atoms with Crippen LogP contribution in [0.25, 0.3) is 0 Å². The number of nitrogen functional groups attached to an aromatic ring is 1. The van der Waals surface area contributed by atoms with E-state index in [-0.39, 0.29) is 11.9 Å². The van der Waals surface area contributed by atoms with Crippen molar-refractivity contribution < 1.29 is 14.3 Å². The fraction of sp³-hybridized carbons (Fsp3) is 0.632. The maximum Gasteiger partial charge on any atom is 0.255 e. The minimum atomic E-state index is -0.123. The van der Waals surface area contributed by atoms with Crippen LogP contribution >= 0.6 is 11.6 Å². The first-order chi connectivity index (χ1) is 12.6. The number of benzene rings is 1. The number of carbonyl (C=O) groups excluding carboxylic acids is 1. The summed E-state index contributed by atoms with van der Waals surface area (Å²) in [7, 11) is 0. The van der Waals surface area contributed by atoms with Crippen LogP contribution in [0.1, 0.15) is 41.6 Å². The van der Waals surface area contributed by atoms with Gasteiger partial charge in [-0.3, -0.25) is 4.79 Å². The first-order valence-electron chi connectivity index (χ1n) is 9.50. The molecule has 3 aliphatic rings. The fourth-order valence-electron chi connectivity index (χ4n) is 4.14. The number of hydrogen-bond donors (Lipinski definition) is 2. The van der Waals surface area contributed by atoms with Gasteiger partial charge in [-0.1, -0.05) is 11.6 Å². The minimum Gasteiger partial charge on any atom is -0.492 e. The molecule has 0 aliphatic carbocycles. The van der Waals surface area contributed by atoms with E-state index in [0.717, 1.165) is 44.6 Å². The summed E-state index contributed by atoms with van der Waals surface area (Å²) >= 11 is 6.21. The van der Waals surface area contributed by atoms with E-state index in [9.17, 15) is 4.79 Å². The first kappa shape index (κ1) is 17.9.